The number of fused-ring (bicyclic) bond motifs is 1. The van der Waals surface area contributed by atoms with Crippen LogP contribution in [0.1, 0.15) is 55.6 Å². The monoisotopic (exact) mass is 570 g/mol. The molecule has 1 amide bonds. The minimum Gasteiger partial charge on any atom is -0.278 e. The van der Waals surface area contributed by atoms with Gasteiger partial charge in [0.1, 0.15) is 5.52 Å². The molecule has 0 atom stereocenters. The van der Waals surface area contributed by atoms with Gasteiger partial charge in [-0.05, 0) is 61.4 Å². The second-order valence-corrected chi connectivity index (χ2v) is 12.3. The van der Waals surface area contributed by atoms with E-state index in [1.165, 1.54) is 23.5 Å². The van der Waals surface area contributed by atoms with Crippen molar-refractivity contribution >= 4 is 54.2 Å². The summed E-state index contributed by atoms with van der Waals surface area (Å²) in [6.45, 7) is 5.26. The van der Waals surface area contributed by atoms with Crippen LogP contribution in [-0.4, -0.2) is 41.7 Å². The summed E-state index contributed by atoms with van der Waals surface area (Å²) in [4.78, 5) is 24.5. The topological polar surface area (TPSA) is 83.5 Å². The predicted octanol–water partition coefficient (Wildman–Crippen LogP) is 6.78. The molecule has 0 N–H and O–H groups in total. The fourth-order valence-electron chi connectivity index (χ4n) is 3.99. The van der Waals surface area contributed by atoms with Crippen molar-refractivity contribution in [2.24, 2.45) is 0 Å². The number of pyridine rings is 1. The third kappa shape index (κ3) is 6.40. The molecule has 7 nitrogen and oxygen atoms in total. The van der Waals surface area contributed by atoms with Crippen LogP contribution >= 0.6 is 22.9 Å². The maximum Gasteiger partial charge on any atom is 0.260 e. The third-order valence-corrected chi connectivity index (χ3v) is 9.40. The standard InChI is InChI=1S/C28H31ClN4O3S2/c1-3-5-18-32(19-6-4-2)38(35,36)23-15-13-21(14-16-23)27(34)33(20-22-10-7-8-17-30-22)28-31-26-24(29)11-9-12-25(26)37-28/h7-17H,3-6,18-20H2,1-2H3. The second-order valence-electron chi connectivity index (χ2n) is 8.93. The normalized spacial score (nSPS) is 11.8. The number of thiazole rings is 1. The average Bonchev–Trinajstić information content (AvgIpc) is 3.37. The van der Waals surface area contributed by atoms with Crippen LogP contribution in [0.15, 0.2) is 71.8 Å². The molecule has 2 heterocycles. The molecule has 0 unspecified atom stereocenters. The van der Waals surface area contributed by atoms with Crippen molar-refractivity contribution in [3.8, 4) is 0 Å². The molecule has 4 rings (SSSR count). The molecular formula is C28H31ClN4O3S2. The number of sulfonamides is 1. The zero-order chi connectivity index (χ0) is 27.1. The highest BCUT2D eigenvalue weighted by Gasteiger charge is 2.26. The molecule has 0 bridgehead atoms. The van der Waals surface area contributed by atoms with Gasteiger partial charge in [0.05, 0.1) is 26.9 Å². The Hall–Kier alpha value is -2.85. The van der Waals surface area contributed by atoms with Crippen molar-refractivity contribution < 1.29 is 13.2 Å². The number of carbonyl (C=O) groups is 1. The smallest absolute Gasteiger partial charge is 0.260 e. The first-order chi connectivity index (χ1) is 18.3. The number of para-hydroxylation sites is 1. The fraction of sp³-hybridized carbons (Fsp3) is 0.321. The zero-order valence-electron chi connectivity index (χ0n) is 21.5. The van der Waals surface area contributed by atoms with E-state index in [1.54, 1.807) is 33.6 Å². The number of halogens is 1. The van der Waals surface area contributed by atoms with E-state index in [0.717, 1.165) is 30.4 Å². The highest BCUT2D eigenvalue weighted by molar-refractivity contribution is 7.89. The van der Waals surface area contributed by atoms with E-state index in [4.69, 9.17) is 11.6 Å². The van der Waals surface area contributed by atoms with Crippen molar-refractivity contribution in [1.29, 1.82) is 0 Å². The number of nitrogens with zero attached hydrogens (tertiary/aromatic N) is 4. The maximum atomic E-state index is 13.8. The van der Waals surface area contributed by atoms with Gasteiger partial charge in [0.25, 0.3) is 5.91 Å². The van der Waals surface area contributed by atoms with Gasteiger partial charge in [-0.25, -0.2) is 13.4 Å². The molecule has 0 aliphatic rings. The summed E-state index contributed by atoms with van der Waals surface area (Å²) in [6, 6.07) is 17.2. The number of carbonyl (C=O) groups excluding carboxylic acids is 1. The van der Waals surface area contributed by atoms with E-state index in [2.05, 4.69) is 9.97 Å². The molecule has 38 heavy (non-hydrogen) atoms. The van der Waals surface area contributed by atoms with Crippen LogP contribution in [0.25, 0.3) is 10.2 Å². The molecular weight excluding hydrogens is 540 g/mol. The van der Waals surface area contributed by atoms with Crippen molar-refractivity contribution in [2.45, 2.75) is 51.0 Å². The lowest BCUT2D eigenvalue weighted by Crippen LogP contribution is -2.33. The fourth-order valence-corrected chi connectivity index (χ4v) is 6.77. The lowest BCUT2D eigenvalue weighted by Gasteiger charge is -2.22. The molecule has 0 radical (unpaired) electrons. The molecule has 0 saturated carbocycles. The Bertz CT molecular complexity index is 1470. The van der Waals surface area contributed by atoms with Gasteiger partial charge in [-0.3, -0.25) is 14.7 Å². The summed E-state index contributed by atoms with van der Waals surface area (Å²) >= 11 is 7.72. The molecule has 2 aromatic heterocycles. The van der Waals surface area contributed by atoms with Gasteiger partial charge in [0, 0.05) is 24.8 Å². The molecule has 4 aromatic rings. The van der Waals surface area contributed by atoms with E-state index in [9.17, 15) is 13.2 Å². The summed E-state index contributed by atoms with van der Waals surface area (Å²) < 4.78 is 29.1. The molecule has 10 heteroatoms. The first-order valence-corrected chi connectivity index (χ1v) is 15.4. The summed E-state index contributed by atoms with van der Waals surface area (Å²) in [6.07, 6.45) is 5.10. The Morgan fingerprint density at radius 3 is 2.26 bits per heavy atom. The Morgan fingerprint density at radius 1 is 0.947 bits per heavy atom. The van der Waals surface area contributed by atoms with Crippen LogP contribution in [0.4, 0.5) is 5.13 Å². The maximum absolute atomic E-state index is 13.8. The molecule has 0 spiro atoms. The average molecular weight is 571 g/mol. The van der Waals surface area contributed by atoms with Gasteiger partial charge in [-0.15, -0.1) is 0 Å². The number of anilines is 1. The van der Waals surface area contributed by atoms with Crippen LogP contribution in [0.5, 0.6) is 0 Å². The number of amides is 1. The van der Waals surface area contributed by atoms with E-state index >= 15 is 0 Å². The zero-order valence-corrected chi connectivity index (χ0v) is 23.9. The van der Waals surface area contributed by atoms with Gasteiger partial charge in [-0.1, -0.05) is 61.8 Å². The molecule has 2 aromatic carbocycles. The van der Waals surface area contributed by atoms with Crippen LogP contribution in [0.2, 0.25) is 5.02 Å². The third-order valence-electron chi connectivity index (χ3n) is 6.14. The SMILES string of the molecule is CCCCN(CCCC)S(=O)(=O)c1ccc(C(=O)N(Cc2ccccn2)c2nc3c(Cl)cccc3s2)cc1. The molecule has 0 fully saturated rings. The molecule has 0 aliphatic carbocycles. The summed E-state index contributed by atoms with van der Waals surface area (Å²) in [5, 5.41) is 1.01. The largest absolute Gasteiger partial charge is 0.278 e. The Morgan fingerprint density at radius 2 is 1.66 bits per heavy atom. The number of benzene rings is 2. The van der Waals surface area contributed by atoms with Crippen molar-refractivity contribution in [1.82, 2.24) is 14.3 Å². The Kier molecular flexibility index (Phi) is 9.49. The second kappa shape index (κ2) is 12.8. The van der Waals surface area contributed by atoms with Gasteiger partial charge in [0.15, 0.2) is 5.13 Å². The van der Waals surface area contributed by atoms with Crippen molar-refractivity contribution in [3.05, 3.63) is 83.1 Å². The van der Waals surface area contributed by atoms with Gasteiger partial charge in [0.2, 0.25) is 10.0 Å². The summed E-state index contributed by atoms with van der Waals surface area (Å²) in [7, 11) is -3.66. The van der Waals surface area contributed by atoms with Crippen LogP contribution in [0.3, 0.4) is 0 Å². The summed E-state index contributed by atoms with van der Waals surface area (Å²) in [5.41, 5.74) is 1.69. The predicted molar refractivity (Wildman–Crippen MR) is 154 cm³/mol. The van der Waals surface area contributed by atoms with Crippen LogP contribution in [0, 0.1) is 0 Å². The lowest BCUT2D eigenvalue weighted by molar-refractivity contribution is 0.0984. The van der Waals surface area contributed by atoms with E-state index < -0.39 is 10.0 Å². The first-order valence-electron chi connectivity index (χ1n) is 12.7. The number of aromatic nitrogens is 2. The quantitative estimate of drug-likeness (QED) is 0.187. The van der Waals surface area contributed by atoms with Gasteiger partial charge in [-0.2, -0.15) is 4.31 Å². The van der Waals surface area contributed by atoms with Crippen molar-refractivity contribution in [2.75, 3.05) is 18.0 Å². The summed E-state index contributed by atoms with van der Waals surface area (Å²) in [5.74, 6) is -0.302. The molecule has 200 valence electrons. The Labute approximate surface area is 233 Å². The Balaban J connectivity index is 1.65. The van der Waals surface area contributed by atoms with Crippen molar-refractivity contribution in [3.63, 3.8) is 0 Å². The van der Waals surface area contributed by atoms with Gasteiger partial charge < -0.3 is 0 Å². The van der Waals surface area contributed by atoms with E-state index in [0.29, 0.717) is 40.0 Å². The van der Waals surface area contributed by atoms with Crippen LogP contribution in [-0.2, 0) is 16.6 Å². The lowest BCUT2D eigenvalue weighted by atomic mass is 10.2. The molecule has 0 saturated heterocycles. The van der Waals surface area contributed by atoms with E-state index in [-0.39, 0.29) is 17.3 Å². The molecule has 0 aliphatic heterocycles. The highest BCUT2D eigenvalue weighted by Crippen LogP contribution is 2.34. The minimum atomic E-state index is -3.66. The first kappa shape index (κ1) is 28.2. The number of unbranched alkanes of at least 4 members (excludes halogenated alkanes) is 2. The number of hydrogen-bond donors (Lipinski definition) is 0. The van der Waals surface area contributed by atoms with E-state index in [1.807, 2.05) is 44.2 Å². The highest BCUT2D eigenvalue weighted by atomic mass is 35.5. The number of rotatable bonds is 12. The number of hydrogen-bond acceptors (Lipinski definition) is 6. The van der Waals surface area contributed by atoms with Gasteiger partial charge >= 0.3 is 0 Å². The minimum absolute atomic E-state index is 0.185. The van der Waals surface area contributed by atoms with Crippen LogP contribution < -0.4 is 4.90 Å².